The molecule has 0 atom stereocenters. The molecule has 35 heavy (non-hydrogen) atoms. The smallest absolute Gasteiger partial charge is 0.339 e. The summed E-state index contributed by atoms with van der Waals surface area (Å²) >= 11 is 3.26. The molecule has 3 aromatic rings. The van der Waals surface area contributed by atoms with Crippen LogP contribution in [0, 0.1) is 21.4 Å². The Labute approximate surface area is 208 Å². The maximum absolute atomic E-state index is 12.8. The topological polar surface area (TPSA) is 149 Å². The molecular weight excluding hydrogens is 542 g/mol. The number of carbonyl (C=O) groups excluding carboxylic acids is 1. The number of hydrogen-bond donors (Lipinski definition) is 1. The van der Waals surface area contributed by atoms with Crippen molar-refractivity contribution >= 4 is 49.4 Å². The van der Waals surface area contributed by atoms with Crippen molar-refractivity contribution in [2.45, 2.75) is 4.90 Å². The van der Waals surface area contributed by atoms with Crippen molar-refractivity contribution in [3.8, 4) is 17.6 Å². The van der Waals surface area contributed by atoms with Gasteiger partial charge in [-0.25, -0.2) is 0 Å². The van der Waals surface area contributed by atoms with Gasteiger partial charge < -0.3 is 14.2 Å². The Morgan fingerprint density at radius 3 is 2.57 bits per heavy atom. The third-order valence-electron chi connectivity index (χ3n) is 4.48. The Balaban J connectivity index is 1.94. The number of methoxy groups -OCH3 is 1. The molecule has 0 saturated carbocycles. The summed E-state index contributed by atoms with van der Waals surface area (Å²) in [4.78, 5) is 22.5. The van der Waals surface area contributed by atoms with E-state index in [0.29, 0.717) is 15.9 Å². The maximum Gasteiger partial charge on any atom is 0.339 e. The molecule has 0 spiro atoms. The lowest BCUT2D eigenvalue weighted by Gasteiger charge is -2.11. The van der Waals surface area contributed by atoms with E-state index in [-0.39, 0.29) is 16.9 Å². The van der Waals surface area contributed by atoms with E-state index in [1.807, 2.05) is 0 Å². The van der Waals surface area contributed by atoms with Crippen LogP contribution in [0.25, 0.3) is 6.08 Å². The minimum Gasteiger partial charge on any atom is -0.497 e. The molecular formula is C23H16BrN3O7S. The third-order valence-corrected chi connectivity index (χ3v) is 6.20. The van der Waals surface area contributed by atoms with Gasteiger partial charge in [-0.3, -0.25) is 14.9 Å². The monoisotopic (exact) mass is 557 g/mol. The second kappa shape index (κ2) is 10.8. The predicted molar refractivity (Wildman–Crippen MR) is 130 cm³/mol. The van der Waals surface area contributed by atoms with Crippen LogP contribution in [0.15, 0.2) is 81.7 Å². The number of benzene rings is 3. The number of nitrogens with one attached hydrogen (secondary N) is 1. The summed E-state index contributed by atoms with van der Waals surface area (Å²) in [6.45, 7) is 0. The van der Waals surface area contributed by atoms with Gasteiger partial charge in [-0.05, 0) is 42.5 Å². The van der Waals surface area contributed by atoms with Gasteiger partial charge in [0.25, 0.3) is 11.6 Å². The molecule has 12 heteroatoms. The fourth-order valence-electron chi connectivity index (χ4n) is 2.83. The number of carbonyl (C=O) groups is 1. The van der Waals surface area contributed by atoms with Crippen LogP contribution in [-0.4, -0.2) is 26.4 Å². The summed E-state index contributed by atoms with van der Waals surface area (Å²) in [5.74, 6) is -0.436. The van der Waals surface area contributed by atoms with E-state index in [1.54, 1.807) is 30.3 Å². The van der Waals surface area contributed by atoms with E-state index in [4.69, 9.17) is 8.92 Å². The molecule has 0 bridgehead atoms. The van der Waals surface area contributed by atoms with Crippen LogP contribution in [0.3, 0.4) is 0 Å². The summed E-state index contributed by atoms with van der Waals surface area (Å²) in [6, 6.07) is 16.9. The average Bonchev–Trinajstić information content (AvgIpc) is 2.84. The minimum atomic E-state index is -4.47. The first-order valence-corrected chi connectivity index (χ1v) is 11.9. The van der Waals surface area contributed by atoms with Crippen molar-refractivity contribution in [3.63, 3.8) is 0 Å². The van der Waals surface area contributed by atoms with Crippen molar-refractivity contribution in [1.82, 2.24) is 0 Å². The molecule has 0 radical (unpaired) electrons. The molecule has 0 unspecified atom stereocenters. The molecule has 0 aliphatic carbocycles. The zero-order chi connectivity index (χ0) is 25.6. The van der Waals surface area contributed by atoms with E-state index < -0.39 is 31.5 Å². The lowest BCUT2D eigenvalue weighted by atomic mass is 10.1. The lowest BCUT2D eigenvalue weighted by molar-refractivity contribution is -0.385. The number of halogens is 1. The number of rotatable bonds is 8. The van der Waals surface area contributed by atoms with E-state index in [1.165, 1.54) is 37.5 Å². The summed E-state index contributed by atoms with van der Waals surface area (Å²) in [7, 11) is -3.00. The van der Waals surface area contributed by atoms with Crippen LogP contribution in [-0.2, 0) is 14.9 Å². The fraction of sp³-hybridized carbons (Fsp3) is 0.0435. The molecule has 178 valence electrons. The van der Waals surface area contributed by atoms with E-state index in [9.17, 15) is 28.6 Å². The number of ether oxygens (including phenoxy) is 1. The number of nitrogens with zero attached hydrogens (tertiary/aromatic N) is 2. The Kier molecular flexibility index (Phi) is 7.85. The molecule has 0 aliphatic rings. The molecule has 0 aromatic heterocycles. The molecule has 0 fully saturated rings. The number of non-ortho nitro benzene ring substituents is 1. The molecule has 3 aromatic carbocycles. The normalized spacial score (nSPS) is 11.3. The summed E-state index contributed by atoms with van der Waals surface area (Å²) in [5.41, 5.74) is -0.268. The highest BCUT2D eigenvalue weighted by Crippen LogP contribution is 2.29. The van der Waals surface area contributed by atoms with Crippen LogP contribution < -0.4 is 14.2 Å². The fourth-order valence-corrected chi connectivity index (χ4v) is 4.20. The standard InChI is InChI=1S/C23H16BrN3O7S/c1-33-20-6-2-4-18(12-20)26-23(28)16(14-25)10-15-11-17(24)8-9-22(15)34-35(31,32)21-7-3-5-19(13-21)27(29)30/h2-13H,1H3,(H,26,28)/b16-10+. The van der Waals surface area contributed by atoms with Crippen LogP contribution >= 0.6 is 15.9 Å². The molecule has 0 heterocycles. The molecule has 1 amide bonds. The van der Waals surface area contributed by atoms with Crippen LogP contribution in [0.4, 0.5) is 11.4 Å². The predicted octanol–water partition coefficient (Wildman–Crippen LogP) is 4.68. The molecule has 0 aliphatic heterocycles. The van der Waals surface area contributed by atoms with E-state index in [0.717, 1.165) is 18.2 Å². The highest BCUT2D eigenvalue weighted by Gasteiger charge is 2.22. The van der Waals surface area contributed by atoms with Crippen molar-refractivity contribution in [2.75, 3.05) is 12.4 Å². The number of nitriles is 1. The number of nitro groups is 1. The Bertz CT molecular complexity index is 1480. The van der Waals surface area contributed by atoms with Crippen molar-refractivity contribution < 1.29 is 27.1 Å². The SMILES string of the molecule is COc1cccc(NC(=O)/C(C#N)=C/c2cc(Br)ccc2OS(=O)(=O)c2cccc([N+](=O)[O-])c2)c1. The van der Waals surface area contributed by atoms with Gasteiger partial charge in [0.2, 0.25) is 0 Å². The summed E-state index contributed by atoms with van der Waals surface area (Å²) < 4.78 is 36.4. The summed E-state index contributed by atoms with van der Waals surface area (Å²) in [5, 5.41) is 23.1. The van der Waals surface area contributed by atoms with Crippen LogP contribution in [0.5, 0.6) is 11.5 Å². The largest absolute Gasteiger partial charge is 0.497 e. The average molecular weight is 558 g/mol. The van der Waals surface area contributed by atoms with Crippen LogP contribution in [0.1, 0.15) is 5.56 Å². The molecule has 1 N–H and O–H groups in total. The lowest BCUT2D eigenvalue weighted by Crippen LogP contribution is -2.14. The quantitative estimate of drug-likeness (QED) is 0.138. The first kappa shape index (κ1) is 25.4. The first-order valence-electron chi connectivity index (χ1n) is 9.68. The zero-order valence-corrected chi connectivity index (χ0v) is 20.4. The van der Waals surface area contributed by atoms with Gasteiger partial charge in [-0.1, -0.05) is 28.1 Å². The molecule has 0 saturated heterocycles. The Morgan fingerprint density at radius 2 is 1.89 bits per heavy atom. The van der Waals surface area contributed by atoms with Gasteiger partial charge in [0.05, 0.1) is 12.0 Å². The number of hydrogen-bond acceptors (Lipinski definition) is 8. The molecule has 10 nitrogen and oxygen atoms in total. The summed E-state index contributed by atoms with van der Waals surface area (Å²) in [6.07, 6.45) is 1.17. The van der Waals surface area contributed by atoms with Gasteiger partial charge in [-0.15, -0.1) is 0 Å². The van der Waals surface area contributed by atoms with Gasteiger partial charge in [0, 0.05) is 33.9 Å². The van der Waals surface area contributed by atoms with E-state index >= 15 is 0 Å². The highest BCUT2D eigenvalue weighted by molar-refractivity contribution is 9.10. The van der Waals surface area contributed by atoms with E-state index in [2.05, 4.69) is 21.2 Å². The number of amides is 1. The van der Waals surface area contributed by atoms with Gasteiger partial charge in [-0.2, -0.15) is 13.7 Å². The van der Waals surface area contributed by atoms with Gasteiger partial charge in [0.1, 0.15) is 28.0 Å². The van der Waals surface area contributed by atoms with Gasteiger partial charge >= 0.3 is 10.1 Å². The minimum absolute atomic E-state index is 0.103. The Hall–Kier alpha value is -4.21. The van der Waals surface area contributed by atoms with Crippen molar-refractivity contribution in [1.29, 1.82) is 5.26 Å². The highest BCUT2D eigenvalue weighted by atomic mass is 79.9. The maximum atomic E-state index is 12.8. The zero-order valence-electron chi connectivity index (χ0n) is 18.0. The molecule has 3 rings (SSSR count). The second-order valence-corrected chi connectivity index (χ2v) is 9.29. The number of anilines is 1. The number of nitro benzene ring substituents is 1. The van der Waals surface area contributed by atoms with Gasteiger partial charge in [0.15, 0.2) is 0 Å². The van der Waals surface area contributed by atoms with Crippen LogP contribution in [0.2, 0.25) is 0 Å². The van der Waals surface area contributed by atoms with Crippen molar-refractivity contribution in [3.05, 3.63) is 92.5 Å². The third kappa shape index (κ3) is 6.44. The first-order chi connectivity index (χ1) is 16.6. The van der Waals surface area contributed by atoms with Crippen molar-refractivity contribution in [2.24, 2.45) is 0 Å². The second-order valence-electron chi connectivity index (χ2n) is 6.83. The Morgan fingerprint density at radius 1 is 1.14 bits per heavy atom.